The highest BCUT2D eigenvalue weighted by Crippen LogP contribution is 2.37. The predicted molar refractivity (Wildman–Crippen MR) is 97.9 cm³/mol. The molecule has 128 valence electrons. The van der Waals surface area contributed by atoms with Crippen LogP contribution in [0.5, 0.6) is 5.75 Å². The lowest BCUT2D eigenvalue weighted by molar-refractivity contribution is 0.0697. The standard InChI is InChI=1S/C21H14O5/c1-11-2-5-15(18(6-11)21(24)25)16-8-14(23)10-20-17(16)7-12-3-4-13(22)9-19(12)26-20/h2-10,22H,1H3,(H,24,25). The molecule has 0 aromatic heterocycles. The zero-order chi connectivity index (χ0) is 18.4. The van der Waals surface area contributed by atoms with Gasteiger partial charge in [0.25, 0.3) is 0 Å². The summed E-state index contributed by atoms with van der Waals surface area (Å²) in [4.78, 5) is 23.9. The van der Waals surface area contributed by atoms with Crippen LogP contribution in [0.4, 0.5) is 0 Å². The van der Waals surface area contributed by atoms with Gasteiger partial charge >= 0.3 is 5.97 Å². The summed E-state index contributed by atoms with van der Waals surface area (Å²) in [6.07, 6.45) is 0. The number of rotatable bonds is 2. The highest BCUT2D eigenvalue weighted by molar-refractivity contribution is 6.00. The van der Waals surface area contributed by atoms with Gasteiger partial charge in [0.15, 0.2) is 5.43 Å². The Labute approximate surface area is 148 Å². The fourth-order valence-electron chi connectivity index (χ4n) is 3.13. The summed E-state index contributed by atoms with van der Waals surface area (Å²) in [5.41, 5.74) is 2.70. The monoisotopic (exact) mass is 346 g/mol. The smallest absolute Gasteiger partial charge is 0.336 e. The molecule has 26 heavy (non-hydrogen) atoms. The van der Waals surface area contributed by atoms with Crippen LogP contribution in [0.2, 0.25) is 0 Å². The number of carboxylic acid groups (broad SMARTS) is 1. The first-order chi connectivity index (χ1) is 12.4. The molecular formula is C21H14O5. The Kier molecular flexibility index (Phi) is 3.51. The SMILES string of the molecule is Cc1ccc(-c2cc(=O)cc3oc4cc(O)ccc4cc2-3)c(C(=O)O)c1. The fraction of sp³-hybridized carbons (Fsp3) is 0.0476. The summed E-state index contributed by atoms with van der Waals surface area (Å²) >= 11 is 0. The maximum absolute atomic E-state index is 12.2. The third-order valence-corrected chi connectivity index (χ3v) is 4.33. The molecule has 2 aromatic carbocycles. The van der Waals surface area contributed by atoms with Gasteiger partial charge in [0.1, 0.15) is 17.1 Å². The second kappa shape index (κ2) is 5.74. The molecule has 1 aliphatic carbocycles. The molecule has 2 N–H and O–H groups in total. The molecule has 1 heterocycles. The average Bonchev–Trinajstić information content (AvgIpc) is 2.59. The van der Waals surface area contributed by atoms with E-state index in [1.165, 1.54) is 18.2 Å². The van der Waals surface area contributed by atoms with Crippen molar-refractivity contribution in [1.82, 2.24) is 0 Å². The van der Waals surface area contributed by atoms with E-state index in [1.54, 1.807) is 30.3 Å². The van der Waals surface area contributed by atoms with Gasteiger partial charge in [-0.2, -0.15) is 0 Å². The van der Waals surface area contributed by atoms with Gasteiger partial charge in [-0.3, -0.25) is 4.79 Å². The number of hydrogen-bond donors (Lipinski definition) is 2. The second-order valence-corrected chi connectivity index (χ2v) is 6.21. The minimum Gasteiger partial charge on any atom is -0.508 e. The highest BCUT2D eigenvalue weighted by Gasteiger charge is 2.19. The van der Waals surface area contributed by atoms with Crippen molar-refractivity contribution in [2.75, 3.05) is 0 Å². The molecule has 0 fully saturated rings. The molecule has 0 spiro atoms. The van der Waals surface area contributed by atoms with Crippen LogP contribution in [0, 0.1) is 6.92 Å². The van der Waals surface area contributed by atoms with Crippen molar-refractivity contribution in [3.05, 3.63) is 75.9 Å². The number of aromatic carboxylic acids is 1. The van der Waals surface area contributed by atoms with Crippen LogP contribution < -0.4 is 5.43 Å². The molecule has 5 heteroatoms. The Morgan fingerprint density at radius 2 is 1.73 bits per heavy atom. The van der Waals surface area contributed by atoms with Crippen molar-refractivity contribution in [2.45, 2.75) is 6.92 Å². The van der Waals surface area contributed by atoms with Crippen molar-refractivity contribution in [3.8, 4) is 28.2 Å². The maximum atomic E-state index is 12.2. The number of phenols is 1. The Morgan fingerprint density at radius 1 is 0.923 bits per heavy atom. The number of hydrogen-bond acceptors (Lipinski definition) is 4. The van der Waals surface area contributed by atoms with Crippen LogP contribution in [0.25, 0.3) is 33.4 Å². The molecule has 0 radical (unpaired) electrons. The first-order valence-corrected chi connectivity index (χ1v) is 7.97. The first kappa shape index (κ1) is 15.9. The van der Waals surface area contributed by atoms with E-state index >= 15 is 0 Å². The second-order valence-electron chi connectivity index (χ2n) is 6.21. The van der Waals surface area contributed by atoms with Gasteiger partial charge in [-0.05, 0) is 48.4 Å². The molecular weight excluding hydrogens is 332 g/mol. The van der Waals surface area contributed by atoms with Crippen molar-refractivity contribution in [2.24, 2.45) is 0 Å². The molecule has 4 rings (SSSR count). The zero-order valence-electron chi connectivity index (χ0n) is 13.8. The molecule has 0 bridgehead atoms. The van der Waals surface area contributed by atoms with E-state index in [-0.39, 0.29) is 16.7 Å². The lowest BCUT2D eigenvalue weighted by atomic mass is 9.92. The molecule has 0 atom stereocenters. The number of benzene rings is 3. The Balaban J connectivity index is 2.10. The number of aromatic hydroxyl groups is 1. The van der Waals surface area contributed by atoms with E-state index < -0.39 is 5.97 Å². The Morgan fingerprint density at radius 3 is 2.50 bits per heavy atom. The van der Waals surface area contributed by atoms with Gasteiger partial charge in [0.05, 0.1) is 5.56 Å². The van der Waals surface area contributed by atoms with Crippen LogP contribution in [0.1, 0.15) is 15.9 Å². The first-order valence-electron chi connectivity index (χ1n) is 7.97. The number of carboxylic acids is 1. The quantitative estimate of drug-likeness (QED) is 0.529. The number of aryl methyl sites for hydroxylation is 1. The van der Waals surface area contributed by atoms with E-state index in [1.807, 2.05) is 13.0 Å². The summed E-state index contributed by atoms with van der Waals surface area (Å²) in [6, 6.07) is 14.4. The highest BCUT2D eigenvalue weighted by atomic mass is 16.4. The van der Waals surface area contributed by atoms with Gasteiger partial charge in [-0.15, -0.1) is 0 Å². The van der Waals surface area contributed by atoms with E-state index in [9.17, 15) is 19.8 Å². The van der Waals surface area contributed by atoms with Crippen molar-refractivity contribution < 1.29 is 19.4 Å². The van der Waals surface area contributed by atoms with Crippen molar-refractivity contribution in [3.63, 3.8) is 0 Å². The summed E-state index contributed by atoms with van der Waals surface area (Å²) in [7, 11) is 0. The molecule has 0 unspecified atom stereocenters. The lowest BCUT2D eigenvalue weighted by Crippen LogP contribution is -2.05. The third kappa shape index (κ3) is 2.59. The molecule has 2 aromatic rings. The van der Waals surface area contributed by atoms with Crippen molar-refractivity contribution >= 4 is 16.9 Å². The molecule has 2 aliphatic rings. The molecule has 5 nitrogen and oxygen atoms in total. The Bertz CT molecular complexity index is 1200. The van der Waals surface area contributed by atoms with Gasteiger partial charge in [0.2, 0.25) is 0 Å². The van der Waals surface area contributed by atoms with Gasteiger partial charge < -0.3 is 14.6 Å². The largest absolute Gasteiger partial charge is 0.508 e. The third-order valence-electron chi connectivity index (χ3n) is 4.33. The maximum Gasteiger partial charge on any atom is 0.336 e. The van der Waals surface area contributed by atoms with E-state index in [2.05, 4.69) is 0 Å². The molecule has 0 saturated heterocycles. The molecule has 1 aliphatic heterocycles. The predicted octanol–water partition coefficient (Wildman–Crippen LogP) is 4.28. The van der Waals surface area contributed by atoms with Gasteiger partial charge in [0, 0.05) is 23.1 Å². The average molecular weight is 346 g/mol. The summed E-state index contributed by atoms with van der Waals surface area (Å²) in [6.45, 7) is 1.81. The molecule has 0 saturated carbocycles. The normalized spacial score (nSPS) is 11.1. The van der Waals surface area contributed by atoms with Crippen molar-refractivity contribution in [1.29, 1.82) is 0 Å². The van der Waals surface area contributed by atoms with Gasteiger partial charge in [-0.1, -0.05) is 17.7 Å². The van der Waals surface area contributed by atoms with E-state index in [0.717, 1.165) is 10.9 Å². The topological polar surface area (TPSA) is 87.7 Å². The number of fused-ring (bicyclic) bond motifs is 2. The van der Waals surface area contributed by atoms with Crippen LogP contribution >= 0.6 is 0 Å². The zero-order valence-corrected chi connectivity index (χ0v) is 13.8. The summed E-state index contributed by atoms with van der Waals surface area (Å²) in [5, 5.41) is 19.9. The minimum atomic E-state index is -1.06. The lowest BCUT2D eigenvalue weighted by Gasteiger charge is -2.14. The summed E-state index contributed by atoms with van der Waals surface area (Å²) in [5.74, 6) is -0.663. The van der Waals surface area contributed by atoms with Crippen LogP contribution in [0.3, 0.4) is 0 Å². The summed E-state index contributed by atoms with van der Waals surface area (Å²) < 4.78 is 5.79. The number of carbonyl (C=O) groups is 1. The minimum absolute atomic E-state index is 0.0609. The van der Waals surface area contributed by atoms with E-state index in [4.69, 9.17) is 4.42 Å². The van der Waals surface area contributed by atoms with Crippen LogP contribution in [-0.4, -0.2) is 16.2 Å². The Hall–Kier alpha value is -3.60. The van der Waals surface area contributed by atoms with E-state index in [0.29, 0.717) is 28.0 Å². The van der Waals surface area contributed by atoms with Crippen LogP contribution in [0.15, 0.2) is 63.8 Å². The number of phenolic OH excluding ortho intramolecular Hbond substituents is 1. The van der Waals surface area contributed by atoms with Crippen LogP contribution in [-0.2, 0) is 0 Å². The fourth-order valence-corrected chi connectivity index (χ4v) is 3.13. The van der Waals surface area contributed by atoms with Gasteiger partial charge in [-0.25, -0.2) is 4.79 Å². The molecule has 0 amide bonds.